The van der Waals surface area contributed by atoms with Crippen molar-refractivity contribution < 1.29 is 0 Å². The number of hydrogen-bond acceptors (Lipinski definition) is 2. The van der Waals surface area contributed by atoms with Crippen molar-refractivity contribution in [2.24, 2.45) is 5.92 Å². The van der Waals surface area contributed by atoms with E-state index in [2.05, 4.69) is 79.1 Å². The molecule has 1 N–H and O–H groups in total. The Morgan fingerprint density at radius 3 is 2.55 bits per heavy atom. The maximum absolute atomic E-state index is 3.60. The predicted molar refractivity (Wildman–Crippen MR) is 93.5 cm³/mol. The van der Waals surface area contributed by atoms with Crippen LogP contribution in [0.4, 0.5) is 5.69 Å². The highest BCUT2D eigenvalue weighted by molar-refractivity contribution is 9.10. The summed E-state index contributed by atoms with van der Waals surface area (Å²) in [6, 6.07) is 7.16. The van der Waals surface area contributed by atoms with Crippen LogP contribution >= 0.6 is 15.9 Å². The zero-order chi connectivity index (χ0) is 15.1. The normalized spacial score (nSPS) is 12.8. The first-order valence-corrected chi connectivity index (χ1v) is 8.47. The van der Waals surface area contributed by atoms with Gasteiger partial charge in [-0.15, -0.1) is 0 Å². The van der Waals surface area contributed by atoms with Crippen LogP contribution in [0.5, 0.6) is 0 Å². The monoisotopic (exact) mass is 340 g/mol. The quantitative estimate of drug-likeness (QED) is 0.729. The van der Waals surface area contributed by atoms with E-state index >= 15 is 0 Å². The summed E-state index contributed by atoms with van der Waals surface area (Å²) >= 11 is 3.60. The summed E-state index contributed by atoms with van der Waals surface area (Å²) in [5.41, 5.74) is 2.70. The molecule has 0 aromatic heterocycles. The van der Waals surface area contributed by atoms with Crippen molar-refractivity contribution in [2.45, 2.75) is 53.1 Å². The van der Waals surface area contributed by atoms with Gasteiger partial charge in [0.2, 0.25) is 0 Å². The Bertz CT molecular complexity index is 404. The van der Waals surface area contributed by atoms with Gasteiger partial charge in [0.1, 0.15) is 0 Å². The second-order valence-corrected chi connectivity index (χ2v) is 6.96. The van der Waals surface area contributed by atoms with Gasteiger partial charge < -0.3 is 10.2 Å². The molecule has 1 rings (SSSR count). The first-order chi connectivity index (χ1) is 9.45. The van der Waals surface area contributed by atoms with Crippen LogP contribution in [0.2, 0.25) is 0 Å². The van der Waals surface area contributed by atoms with Gasteiger partial charge in [0.25, 0.3) is 0 Å². The van der Waals surface area contributed by atoms with Crippen LogP contribution in [0.25, 0.3) is 0 Å². The summed E-state index contributed by atoms with van der Waals surface area (Å²) in [7, 11) is 2.20. The molecule has 0 saturated heterocycles. The number of halogens is 1. The van der Waals surface area contributed by atoms with Crippen LogP contribution in [-0.2, 0) is 6.54 Å². The lowest BCUT2D eigenvalue weighted by atomic mass is 10.1. The minimum absolute atomic E-state index is 0.568. The van der Waals surface area contributed by atoms with Crippen molar-refractivity contribution in [1.29, 1.82) is 0 Å². The van der Waals surface area contributed by atoms with Gasteiger partial charge in [-0.05, 0) is 43.5 Å². The zero-order valence-corrected chi connectivity index (χ0v) is 15.1. The van der Waals surface area contributed by atoms with Crippen LogP contribution in [0, 0.1) is 5.92 Å². The molecule has 2 nitrogen and oxygen atoms in total. The van der Waals surface area contributed by atoms with Crippen LogP contribution in [0.15, 0.2) is 22.7 Å². The first kappa shape index (κ1) is 17.5. The lowest BCUT2D eigenvalue weighted by Crippen LogP contribution is -2.30. The second-order valence-electron chi connectivity index (χ2n) is 6.05. The smallest absolute Gasteiger partial charge is 0.0422 e. The molecule has 1 unspecified atom stereocenters. The molecule has 0 fully saturated rings. The Kier molecular flexibility index (Phi) is 7.60. The SMILES string of the molecule is CCCC(C)N(C)c1cc(Br)ccc1CNCC(C)C. The molecule has 3 heteroatoms. The molecule has 0 aliphatic carbocycles. The minimum Gasteiger partial charge on any atom is -0.372 e. The number of hydrogen-bond donors (Lipinski definition) is 1. The van der Waals surface area contributed by atoms with Gasteiger partial charge in [-0.1, -0.05) is 49.2 Å². The summed E-state index contributed by atoms with van der Waals surface area (Å²) < 4.78 is 1.15. The molecule has 0 spiro atoms. The standard InChI is InChI=1S/C17H29BrN2/c1-6-7-14(4)20(5)17-10-16(18)9-8-15(17)12-19-11-13(2)3/h8-10,13-14,19H,6-7,11-12H2,1-5H3. The molecule has 0 aliphatic heterocycles. The van der Waals surface area contributed by atoms with Crippen molar-refractivity contribution in [3.8, 4) is 0 Å². The lowest BCUT2D eigenvalue weighted by molar-refractivity contribution is 0.550. The summed E-state index contributed by atoms with van der Waals surface area (Å²) in [6.45, 7) is 11.0. The summed E-state index contributed by atoms with van der Waals surface area (Å²) in [4.78, 5) is 2.40. The van der Waals surface area contributed by atoms with Crippen LogP contribution in [0.3, 0.4) is 0 Å². The van der Waals surface area contributed by atoms with E-state index in [9.17, 15) is 0 Å². The van der Waals surface area contributed by atoms with Crippen molar-refractivity contribution >= 4 is 21.6 Å². The van der Waals surface area contributed by atoms with Crippen molar-refractivity contribution in [3.05, 3.63) is 28.2 Å². The Balaban J connectivity index is 2.83. The van der Waals surface area contributed by atoms with E-state index in [1.54, 1.807) is 0 Å². The molecule has 0 heterocycles. The Morgan fingerprint density at radius 2 is 1.95 bits per heavy atom. The average molecular weight is 341 g/mol. The van der Waals surface area contributed by atoms with Crippen molar-refractivity contribution in [2.75, 3.05) is 18.5 Å². The predicted octanol–water partition coefficient (Wildman–Crippen LogP) is 4.82. The third kappa shape index (κ3) is 5.45. The Labute approximate surface area is 133 Å². The van der Waals surface area contributed by atoms with E-state index in [4.69, 9.17) is 0 Å². The molecule has 0 radical (unpaired) electrons. The summed E-state index contributed by atoms with van der Waals surface area (Å²) in [5, 5.41) is 3.54. The largest absolute Gasteiger partial charge is 0.372 e. The lowest BCUT2D eigenvalue weighted by Gasteiger charge is -2.29. The molecule has 20 heavy (non-hydrogen) atoms. The van der Waals surface area contributed by atoms with E-state index in [1.807, 2.05) is 0 Å². The second kappa shape index (κ2) is 8.68. The van der Waals surface area contributed by atoms with Crippen LogP contribution < -0.4 is 10.2 Å². The summed E-state index contributed by atoms with van der Waals surface area (Å²) in [5.74, 6) is 0.686. The summed E-state index contributed by atoms with van der Waals surface area (Å²) in [6.07, 6.45) is 2.45. The van der Waals surface area contributed by atoms with E-state index in [-0.39, 0.29) is 0 Å². The average Bonchev–Trinajstić information content (AvgIpc) is 2.39. The fourth-order valence-electron chi connectivity index (χ4n) is 2.36. The van der Waals surface area contributed by atoms with E-state index in [1.165, 1.54) is 24.1 Å². The topological polar surface area (TPSA) is 15.3 Å². The molecule has 0 amide bonds. The zero-order valence-electron chi connectivity index (χ0n) is 13.5. The fraction of sp³-hybridized carbons (Fsp3) is 0.647. The van der Waals surface area contributed by atoms with Gasteiger partial charge in [-0.25, -0.2) is 0 Å². The van der Waals surface area contributed by atoms with Crippen molar-refractivity contribution in [3.63, 3.8) is 0 Å². The number of nitrogens with one attached hydrogen (secondary N) is 1. The molecule has 1 aromatic carbocycles. The van der Waals surface area contributed by atoms with Gasteiger partial charge in [0, 0.05) is 29.8 Å². The van der Waals surface area contributed by atoms with Crippen LogP contribution in [-0.4, -0.2) is 19.6 Å². The molecule has 1 aromatic rings. The highest BCUT2D eigenvalue weighted by Gasteiger charge is 2.13. The first-order valence-electron chi connectivity index (χ1n) is 7.67. The number of anilines is 1. The molecular weight excluding hydrogens is 312 g/mol. The maximum Gasteiger partial charge on any atom is 0.0422 e. The van der Waals surface area contributed by atoms with Crippen LogP contribution in [0.1, 0.15) is 46.1 Å². The highest BCUT2D eigenvalue weighted by Crippen LogP contribution is 2.26. The molecule has 0 aliphatic rings. The molecule has 1 atom stereocenters. The van der Waals surface area contributed by atoms with Crippen molar-refractivity contribution in [1.82, 2.24) is 5.32 Å². The molecule has 114 valence electrons. The fourth-order valence-corrected chi connectivity index (χ4v) is 2.71. The minimum atomic E-state index is 0.568. The molecule has 0 bridgehead atoms. The van der Waals surface area contributed by atoms with E-state index in [0.717, 1.165) is 17.6 Å². The third-order valence-electron chi connectivity index (χ3n) is 3.66. The van der Waals surface area contributed by atoms with E-state index in [0.29, 0.717) is 12.0 Å². The Morgan fingerprint density at radius 1 is 1.25 bits per heavy atom. The van der Waals surface area contributed by atoms with Gasteiger partial charge >= 0.3 is 0 Å². The van der Waals surface area contributed by atoms with Gasteiger partial charge in [-0.3, -0.25) is 0 Å². The third-order valence-corrected chi connectivity index (χ3v) is 4.16. The maximum atomic E-state index is 3.60. The molecule has 0 saturated carbocycles. The van der Waals surface area contributed by atoms with Gasteiger partial charge in [0.15, 0.2) is 0 Å². The highest BCUT2D eigenvalue weighted by atomic mass is 79.9. The van der Waals surface area contributed by atoms with Gasteiger partial charge in [0.05, 0.1) is 0 Å². The number of rotatable bonds is 8. The number of benzene rings is 1. The number of nitrogens with zero attached hydrogens (tertiary/aromatic N) is 1. The van der Waals surface area contributed by atoms with Gasteiger partial charge in [-0.2, -0.15) is 0 Å². The Hall–Kier alpha value is -0.540. The van der Waals surface area contributed by atoms with E-state index < -0.39 is 0 Å². The molecular formula is C17H29BrN2.